The number of carbonyl (C=O) groups excluding carboxylic acids is 1. The van der Waals surface area contributed by atoms with Gasteiger partial charge in [0, 0.05) is 31.4 Å². The molecule has 0 spiro atoms. The van der Waals surface area contributed by atoms with Crippen LogP contribution in [0.2, 0.25) is 0 Å². The van der Waals surface area contributed by atoms with Crippen molar-refractivity contribution in [1.82, 2.24) is 10.2 Å². The first-order chi connectivity index (χ1) is 10.3. The van der Waals surface area contributed by atoms with Crippen LogP contribution in [0.1, 0.15) is 19.3 Å². The number of nitrogens with one attached hydrogen (secondary N) is 1. The SMILES string of the molecule is O=C(NC1CCN(c2ccccc2)C1)N1CCCC1CO. The number of likely N-dealkylation sites (tertiary alicyclic amines) is 1. The Morgan fingerprint density at radius 2 is 2.05 bits per heavy atom. The molecule has 2 aliphatic heterocycles. The van der Waals surface area contributed by atoms with Gasteiger partial charge in [0.05, 0.1) is 12.6 Å². The van der Waals surface area contributed by atoms with Crippen molar-refractivity contribution < 1.29 is 9.90 Å². The number of hydrogen-bond donors (Lipinski definition) is 2. The van der Waals surface area contributed by atoms with E-state index in [0.717, 1.165) is 38.9 Å². The average Bonchev–Trinajstić information content (AvgIpc) is 3.16. The number of aliphatic hydroxyl groups excluding tert-OH is 1. The number of aliphatic hydroxyl groups is 1. The number of rotatable bonds is 3. The van der Waals surface area contributed by atoms with Gasteiger partial charge in [0.25, 0.3) is 0 Å². The van der Waals surface area contributed by atoms with Crippen LogP contribution in [0.4, 0.5) is 10.5 Å². The summed E-state index contributed by atoms with van der Waals surface area (Å²) in [5.41, 5.74) is 1.21. The van der Waals surface area contributed by atoms with Gasteiger partial charge in [-0.25, -0.2) is 4.79 Å². The molecule has 114 valence electrons. The van der Waals surface area contributed by atoms with E-state index in [-0.39, 0.29) is 24.7 Å². The van der Waals surface area contributed by atoms with Gasteiger partial charge in [0.15, 0.2) is 0 Å². The molecular formula is C16H23N3O2. The van der Waals surface area contributed by atoms with E-state index >= 15 is 0 Å². The van der Waals surface area contributed by atoms with Crippen molar-refractivity contribution in [3.63, 3.8) is 0 Å². The highest BCUT2D eigenvalue weighted by molar-refractivity contribution is 5.75. The molecule has 2 heterocycles. The fraction of sp³-hybridized carbons (Fsp3) is 0.562. The number of nitrogens with zero attached hydrogens (tertiary/aromatic N) is 2. The summed E-state index contributed by atoms with van der Waals surface area (Å²) in [6, 6.07) is 10.5. The molecule has 2 atom stereocenters. The second-order valence-corrected chi connectivity index (χ2v) is 5.89. The topological polar surface area (TPSA) is 55.8 Å². The molecule has 2 saturated heterocycles. The minimum Gasteiger partial charge on any atom is -0.394 e. The van der Waals surface area contributed by atoms with E-state index in [2.05, 4.69) is 22.3 Å². The number of benzene rings is 1. The van der Waals surface area contributed by atoms with Crippen molar-refractivity contribution in [2.24, 2.45) is 0 Å². The first-order valence-corrected chi connectivity index (χ1v) is 7.76. The van der Waals surface area contributed by atoms with Crippen LogP contribution in [0.5, 0.6) is 0 Å². The van der Waals surface area contributed by atoms with Crippen molar-refractivity contribution in [3.05, 3.63) is 30.3 Å². The van der Waals surface area contributed by atoms with E-state index in [0.29, 0.717) is 0 Å². The molecule has 2 N–H and O–H groups in total. The smallest absolute Gasteiger partial charge is 0.318 e. The standard InChI is InChI=1S/C16H23N3O2/c20-12-15-7-4-9-19(15)16(21)17-13-8-10-18(11-13)14-5-2-1-3-6-14/h1-3,5-6,13,15,20H,4,7-12H2,(H,17,21). The lowest BCUT2D eigenvalue weighted by atomic mass is 10.2. The molecule has 0 aromatic heterocycles. The fourth-order valence-electron chi connectivity index (χ4n) is 3.30. The lowest BCUT2D eigenvalue weighted by Crippen LogP contribution is -2.48. The number of hydrogen-bond acceptors (Lipinski definition) is 3. The first kappa shape index (κ1) is 14.2. The quantitative estimate of drug-likeness (QED) is 0.885. The third kappa shape index (κ3) is 3.13. The molecule has 2 unspecified atom stereocenters. The Morgan fingerprint density at radius 3 is 2.81 bits per heavy atom. The highest BCUT2D eigenvalue weighted by atomic mass is 16.3. The van der Waals surface area contributed by atoms with E-state index in [1.165, 1.54) is 5.69 Å². The van der Waals surface area contributed by atoms with Crippen molar-refractivity contribution in [3.8, 4) is 0 Å². The Morgan fingerprint density at radius 1 is 1.24 bits per heavy atom. The summed E-state index contributed by atoms with van der Waals surface area (Å²) >= 11 is 0. The Hall–Kier alpha value is -1.75. The van der Waals surface area contributed by atoms with Crippen LogP contribution in [0.25, 0.3) is 0 Å². The molecule has 0 aliphatic carbocycles. The number of carbonyl (C=O) groups is 1. The van der Waals surface area contributed by atoms with Gasteiger partial charge in [0.2, 0.25) is 0 Å². The van der Waals surface area contributed by atoms with Gasteiger partial charge < -0.3 is 20.2 Å². The number of anilines is 1. The lowest BCUT2D eigenvalue weighted by Gasteiger charge is -2.25. The van der Waals surface area contributed by atoms with E-state index < -0.39 is 0 Å². The molecule has 0 saturated carbocycles. The zero-order valence-corrected chi connectivity index (χ0v) is 12.2. The zero-order chi connectivity index (χ0) is 14.7. The van der Waals surface area contributed by atoms with Gasteiger partial charge in [-0.15, -0.1) is 0 Å². The van der Waals surface area contributed by atoms with Crippen LogP contribution in [0.3, 0.4) is 0 Å². The van der Waals surface area contributed by atoms with Gasteiger partial charge in [-0.05, 0) is 31.4 Å². The summed E-state index contributed by atoms with van der Waals surface area (Å²) < 4.78 is 0. The zero-order valence-electron chi connectivity index (χ0n) is 12.2. The maximum Gasteiger partial charge on any atom is 0.318 e. The molecular weight excluding hydrogens is 266 g/mol. The summed E-state index contributed by atoms with van der Waals surface area (Å²) in [4.78, 5) is 16.4. The summed E-state index contributed by atoms with van der Waals surface area (Å²) in [5, 5.41) is 12.4. The Balaban J connectivity index is 1.54. The van der Waals surface area contributed by atoms with Gasteiger partial charge in [-0.1, -0.05) is 18.2 Å². The molecule has 0 radical (unpaired) electrons. The molecule has 0 bridgehead atoms. The molecule has 5 heteroatoms. The maximum absolute atomic E-state index is 12.3. The molecule has 2 fully saturated rings. The minimum atomic E-state index is -0.0218. The van der Waals surface area contributed by atoms with Gasteiger partial charge in [0.1, 0.15) is 0 Å². The monoisotopic (exact) mass is 289 g/mol. The van der Waals surface area contributed by atoms with Crippen LogP contribution >= 0.6 is 0 Å². The number of urea groups is 1. The van der Waals surface area contributed by atoms with Gasteiger partial charge in [-0.2, -0.15) is 0 Å². The molecule has 1 aromatic carbocycles. The van der Waals surface area contributed by atoms with Crippen molar-refractivity contribution in [2.45, 2.75) is 31.3 Å². The predicted molar refractivity (Wildman–Crippen MR) is 82.4 cm³/mol. The highest BCUT2D eigenvalue weighted by Gasteiger charge is 2.31. The molecule has 21 heavy (non-hydrogen) atoms. The third-order valence-electron chi connectivity index (χ3n) is 4.49. The van der Waals surface area contributed by atoms with Crippen LogP contribution in [0, 0.1) is 0 Å². The van der Waals surface area contributed by atoms with Crippen LogP contribution in [0.15, 0.2) is 30.3 Å². The summed E-state index contributed by atoms with van der Waals surface area (Å²) in [7, 11) is 0. The second kappa shape index (κ2) is 6.35. The third-order valence-corrected chi connectivity index (χ3v) is 4.49. The second-order valence-electron chi connectivity index (χ2n) is 5.89. The van der Waals surface area contributed by atoms with Crippen molar-refractivity contribution in [1.29, 1.82) is 0 Å². The van der Waals surface area contributed by atoms with E-state index in [1.807, 2.05) is 18.2 Å². The van der Waals surface area contributed by atoms with Crippen LogP contribution in [-0.4, -0.2) is 54.4 Å². The largest absolute Gasteiger partial charge is 0.394 e. The molecule has 2 amide bonds. The maximum atomic E-state index is 12.3. The minimum absolute atomic E-state index is 0.00312. The Bertz CT molecular complexity index is 480. The summed E-state index contributed by atoms with van der Waals surface area (Å²) in [5.74, 6) is 0. The molecule has 1 aromatic rings. The lowest BCUT2D eigenvalue weighted by molar-refractivity contribution is 0.155. The molecule has 2 aliphatic rings. The fourth-order valence-corrected chi connectivity index (χ4v) is 3.30. The van der Waals surface area contributed by atoms with Crippen molar-refractivity contribution in [2.75, 3.05) is 31.1 Å². The van der Waals surface area contributed by atoms with Crippen LogP contribution in [-0.2, 0) is 0 Å². The summed E-state index contributed by atoms with van der Waals surface area (Å²) in [6.45, 7) is 2.65. The summed E-state index contributed by atoms with van der Waals surface area (Å²) in [6.07, 6.45) is 2.86. The van der Waals surface area contributed by atoms with Crippen molar-refractivity contribution >= 4 is 11.7 Å². The number of para-hydroxylation sites is 1. The normalized spacial score (nSPS) is 25.4. The van der Waals surface area contributed by atoms with Gasteiger partial charge in [-0.3, -0.25) is 0 Å². The number of amides is 2. The Kier molecular flexibility index (Phi) is 4.29. The highest BCUT2D eigenvalue weighted by Crippen LogP contribution is 2.21. The average molecular weight is 289 g/mol. The predicted octanol–water partition coefficient (Wildman–Crippen LogP) is 1.43. The van der Waals surface area contributed by atoms with E-state index in [1.54, 1.807) is 4.90 Å². The molecule has 3 rings (SSSR count). The van der Waals surface area contributed by atoms with Gasteiger partial charge >= 0.3 is 6.03 Å². The van der Waals surface area contributed by atoms with E-state index in [9.17, 15) is 9.90 Å². The van der Waals surface area contributed by atoms with Crippen LogP contribution < -0.4 is 10.2 Å². The molecule has 5 nitrogen and oxygen atoms in total. The Labute approximate surface area is 125 Å². The first-order valence-electron chi connectivity index (χ1n) is 7.76. The van der Waals surface area contributed by atoms with E-state index in [4.69, 9.17) is 0 Å².